The van der Waals surface area contributed by atoms with Crippen LogP contribution in [0.1, 0.15) is 64.0 Å². The Morgan fingerprint density at radius 2 is 2.07 bits per heavy atom. The lowest BCUT2D eigenvalue weighted by atomic mass is 9.61. The van der Waals surface area contributed by atoms with Gasteiger partial charge in [0.05, 0.1) is 24.2 Å². The number of rotatable bonds is 10. The lowest BCUT2D eigenvalue weighted by Crippen LogP contribution is -2.71. The summed E-state index contributed by atoms with van der Waals surface area (Å²) < 4.78 is 19.8. The van der Waals surface area contributed by atoms with Gasteiger partial charge in [0.25, 0.3) is 0 Å². The fourth-order valence-electron chi connectivity index (χ4n) is 10.6. The number of benzene rings is 1. The van der Waals surface area contributed by atoms with Gasteiger partial charge in [-0.3, -0.25) is 4.79 Å². The summed E-state index contributed by atoms with van der Waals surface area (Å²) >= 11 is 0. The maximum atomic E-state index is 14.5. The Bertz CT molecular complexity index is 2250. The summed E-state index contributed by atoms with van der Waals surface area (Å²) in [5.74, 6) is 0.465. The molecule has 0 unspecified atom stereocenters. The molecule has 9 atom stereocenters. The van der Waals surface area contributed by atoms with E-state index in [-0.39, 0.29) is 60.6 Å². The number of carbonyl (C=O) groups excluding carboxylic acids is 3. The van der Waals surface area contributed by atoms with E-state index in [2.05, 4.69) is 16.7 Å². The minimum absolute atomic E-state index is 0.00127. The number of carbonyl (C=O) groups is 3. The predicted octanol–water partition coefficient (Wildman–Crippen LogP) is 4.09. The van der Waals surface area contributed by atoms with Gasteiger partial charge >= 0.3 is 11.6 Å². The van der Waals surface area contributed by atoms with Gasteiger partial charge in [0.15, 0.2) is 11.2 Å². The van der Waals surface area contributed by atoms with Crippen LogP contribution in [-0.2, 0) is 32.0 Å². The molecule has 1 saturated carbocycles. The number of nitrogens with one attached hydrogen (secondary N) is 2. The third-order valence-electron chi connectivity index (χ3n) is 14.0. The highest BCUT2D eigenvalue weighted by molar-refractivity contribution is 8.77. The van der Waals surface area contributed by atoms with Crippen LogP contribution in [0, 0.1) is 23.7 Å². The number of allylic oxidation sites excluding steroid dienone is 2. The molecule has 2 fully saturated rings. The average Bonchev–Trinajstić information content (AvgIpc) is 3.59. The van der Waals surface area contributed by atoms with Crippen molar-refractivity contribution in [2.75, 3.05) is 39.1 Å². The second kappa shape index (κ2) is 17.0. The Morgan fingerprint density at radius 1 is 1.25 bits per heavy atom. The number of hydrogen-bond donors (Lipinski definition) is 5. The molecule has 1 spiro atoms. The molecule has 322 valence electrons. The molecule has 8 rings (SSSR count). The number of fused-ring (bicyclic) bond motifs is 5. The van der Waals surface area contributed by atoms with Crippen molar-refractivity contribution in [3.8, 4) is 5.75 Å². The molecule has 0 bridgehead atoms. The van der Waals surface area contributed by atoms with Crippen LogP contribution in [0.15, 0.2) is 73.8 Å². The van der Waals surface area contributed by atoms with Gasteiger partial charge in [0.2, 0.25) is 5.91 Å². The summed E-state index contributed by atoms with van der Waals surface area (Å²) in [4.78, 5) is 56.0. The monoisotopic (exact) mass is 860 g/mol. The molecule has 2 aromatic rings. The summed E-state index contributed by atoms with van der Waals surface area (Å²) in [7, 11) is 5.37. The lowest BCUT2D eigenvalue weighted by molar-refractivity contribution is -0.186. The Balaban J connectivity index is 1.25. The molecule has 0 radical (unpaired) electrons. The summed E-state index contributed by atoms with van der Waals surface area (Å²) in [6.45, 7) is 6.27. The van der Waals surface area contributed by atoms with Crippen LogP contribution in [-0.4, -0.2) is 101 Å². The normalized spacial score (nSPS) is 31.8. The molecule has 6 N–H and O–H groups in total. The van der Waals surface area contributed by atoms with Crippen LogP contribution in [0.25, 0.3) is 11.0 Å². The van der Waals surface area contributed by atoms with E-state index in [1.54, 1.807) is 47.6 Å². The molecule has 1 amide bonds. The molecule has 1 aromatic carbocycles. The van der Waals surface area contributed by atoms with Gasteiger partial charge in [0, 0.05) is 90.6 Å². The van der Waals surface area contributed by atoms with Crippen molar-refractivity contribution in [1.82, 2.24) is 15.5 Å². The zero-order valence-electron chi connectivity index (χ0n) is 34.7. The third kappa shape index (κ3) is 7.41. The van der Waals surface area contributed by atoms with Gasteiger partial charge in [0.1, 0.15) is 17.6 Å². The van der Waals surface area contributed by atoms with Crippen LogP contribution < -0.4 is 26.7 Å². The Morgan fingerprint density at radius 3 is 2.80 bits per heavy atom. The smallest absolute Gasteiger partial charge is 0.339 e. The van der Waals surface area contributed by atoms with E-state index in [0.29, 0.717) is 91.0 Å². The average molecular weight is 861 g/mol. The molecular formula is C45H56N4O9S2. The van der Waals surface area contributed by atoms with Crippen molar-refractivity contribution in [2.45, 2.75) is 94.3 Å². The number of hydrogen-bond acceptors (Lipinski definition) is 14. The summed E-state index contributed by atoms with van der Waals surface area (Å²) in [5.41, 5.74) is 8.55. The molecule has 60 heavy (non-hydrogen) atoms. The minimum Gasteiger partial charge on any atom is -0.481 e. The van der Waals surface area contributed by atoms with E-state index in [4.69, 9.17) is 19.6 Å². The molecule has 4 aliphatic heterocycles. The number of amides is 1. The molecule has 1 aromatic heterocycles. The van der Waals surface area contributed by atoms with Crippen molar-refractivity contribution >= 4 is 50.7 Å². The lowest BCUT2D eigenvalue weighted by Gasteiger charge is -2.58. The number of esters is 1. The first-order chi connectivity index (χ1) is 28.9. The van der Waals surface area contributed by atoms with E-state index >= 15 is 0 Å². The summed E-state index contributed by atoms with van der Waals surface area (Å²) in [6, 6.07) is 5.56. The first kappa shape index (κ1) is 42.7. The summed E-state index contributed by atoms with van der Waals surface area (Å²) in [6.07, 6.45) is 9.78. The molecule has 2 aliphatic carbocycles. The number of aldehydes is 1. The highest BCUT2D eigenvalue weighted by Gasteiger charge is 2.64. The van der Waals surface area contributed by atoms with Crippen LogP contribution >= 0.6 is 21.6 Å². The number of ether oxygens (including phenoxy) is 2. The molecular weight excluding hydrogens is 805 g/mol. The number of aliphatic hydroxyl groups excluding tert-OH is 2. The van der Waals surface area contributed by atoms with Gasteiger partial charge in [-0.25, -0.2) is 9.59 Å². The van der Waals surface area contributed by atoms with E-state index in [1.165, 1.54) is 0 Å². The standard InChI is InChI=1S/C45H56N4O9S2/c1-5-24(2)42(54)58-44(3)9-8-26-23-59-60-36-14-31(22-52)40(47-4)33-20-49(41(33)36)38(53)15-30-19-48-37(46)16-32(30)39(26)45(44)18-29-13-27-12-28(11-25(21-51)7-6-10-50)43(55)56-34(27)17-35(29)57-45/h5,8,12-13,16-17,22,25,31,33,36,39-41,47-48,50-51H,6-7,9-11,14-15,18-21,23,46H2,1-4H3/b24-5+/t25-,31-,33-,36-,39-,40-,41-,44-,45-/m1/s1. The van der Waals surface area contributed by atoms with Crippen LogP contribution in [0.3, 0.4) is 0 Å². The first-order valence-electron chi connectivity index (χ1n) is 21.1. The van der Waals surface area contributed by atoms with Crippen LogP contribution in [0.2, 0.25) is 0 Å². The molecule has 1 saturated heterocycles. The third-order valence-corrected chi connectivity index (χ3v) is 16.8. The van der Waals surface area contributed by atoms with Crippen molar-refractivity contribution in [1.29, 1.82) is 0 Å². The van der Waals surface area contributed by atoms with Gasteiger partial charge < -0.3 is 50.2 Å². The maximum Gasteiger partial charge on any atom is 0.339 e. The molecule has 6 aliphatic rings. The SMILES string of the molecule is C/C=C(\C)C(=O)O[C@]1(C)CC=C2CSS[C@@H]3C[C@H](C=O)[C@@H](NC)[C@H]4CN(C(=O)CC5=C(C=C(N)NC5)[C@@H]2[C@]12Cc1cc5cc(C[C@H](CO)CCCO)c(=O)oc5cc1O2)[C@H]43. The fraction of sp³-hybridized carbons (Fsp3) is 0.556. The topological polar surface area (TPSA) is 194 Å². The van der Waals surface area contributed by atoms with Gasteiger partial charge in [-0.2, -0.15) is 0 Å². The second-order valence-corrected chi connectivity index (χ2v) is 20.1. The minimum atomic E-state index is -1.22. The fourth-order valence-corrected chi connectivity index (χ4v) is 13.7. The zero-order valence-corrected chi connectivity index (χ0v) is 36.3. The quantitative estimate of drug-likeness (QED) is 0.0573. The number of nitrogens with zero attached hydrogens (tertiary/aromatic N) is 1. The van der Waals surface area contributed by atoms with Crippen molar-refractivity contribution < 1.29 is 38.5 Å². The number of aliphatic hydroxyl groups is 2. The predicted molar refractivity (Wildman–Crippen MR) is 232 cm³/mol. The van der Waals surface area contributed by atoms with Crippen molar-refractivity contribution in [2.24, 2.45) is 29.4 Å². The molecule has 15 heteroatoms. The zero-order chi connectivity index (χ0) is 42.5. The molecule has 13 nitrogen and oxygen atoms in total. The van der Waals surface area contributed by atoms with Crippen LogP contribution in [0.4, 0.5) is 0 Å². The highest BCUT2D eigenvalue weighted by atomic mass is 33.1. The van der Waals surface area contributed by atoms with Gasteiger partial charge in [-0.1, -0.05) is 39.3 Å². The molecule has 5 heterocycles. The van der Waals surface area contributed by atoms with E-state index in [0.717, 1.165) is 28.6 Å². The highest BCUT2D eigenvalue weighted by Crippen LogP contribution is 2.58. The van der Waals surface area contributed by atoms with Crippen LogP contribution in [0.5, 0.6) is 5.75 Å². The Kier molecular flexibility index (Phi) is 12.1. The van der Waals surface area contributed by atoms with E-state index in [9.17, 15) is 29.4 Å². The maximum absolute atomic E-state index is 14.5. The number of nitrogens with two attached hydrogens (primary N) is 1. The largest absolute Gasteiger partial charge is 0.481 e. The van der Waals surface area contributed by atoms with Gasteiger partial charge in [-0.15, -0.1) is 0 Å². The van der Waals surface area contributed by atoms with E-state index < -0.39 is 28.7 Å². The Labute approximate surface area is 358 Å². The number of dihydropyridines is 1. The second-order valence-electron chi connectivity index (χ2n) is 17.5. The Hall–Kier alpha value is -4.02. The first-order valence-corrected chi connectivity index (χ1v) is 23.4. The van der Waals surface area contributed by atoms with Crippen molar-refractivity contribution in [3.05, 3.63) is 86.1 Å². The summed E-state index contributed by atoms with van der Waals surface area (Å²) in [5, 5.41) is 26.8. The van der Waals surface area contributed by atoms with Gasteiger partial charge in [-0.05, 0) is 94.3 Å². The van der Waals surface area contributed by atoms with E-state index in [1.807, 2.05) is 37.1 Å². The van der Waals surface area contributed by atoms with Crippen molar-refractivity contribution in [3.63, 3.8) is 0 Å².